The molecular formula is C25H26FN3O6. The van der Waals surface area contributed by atoms with Crippen LogP contribution in [0.2, 0.25) is 0 Å². The maximum atomic E-state index is 15.2. The highest BCUT2D eigenvalue weighted by molar-refractivity contribution is 5.85. The number of aromatic nitrogens is 1. The second kappa shape index (κ2) is 8.94. The van der Waals surface area contributed by atoms with E-state index in [1.165, 1.54) is 23.4 Å². The fourth-order valence-corrected chi connectivity index (χ4v) is 3.68. The maximum Gasteiger partial charge on any atom is 0.416 e. The molecular weight excluding hydrogens is 457 g/mol. The Morgan fingerprint density at radius 2 is 2.00 bits per heavy atom. The molecule has 1 N–H and O–H groups in total. The Morgan fingerprint density at radius 1 is 1.23 bits per heavy atom. The van der Waals surface area contributed by atoms with Crippen LogP contribution in [0.4, 0.5) is 19.7 Å². The average Bonchev–Trinajstić information content (AvgIpc) is 3.25. The fourth-order valence-electron chi connectivity index (χ4n) is 3.68. The Kier molecular flexibility index (Phi) is 6.14. The Hall–Kier alpha value is -4.08. The van der Waals surface area contributed by atoms with Crippen molar-refractivity contribution in [2.75, 3.05) is 5.32 Å². The first kappa shape index (κ1) is 24.1. The molecule has 10 heteroatoms. The smallest absolute Gasteiger partial charge is 0.416 e. The van der Waals surface area contributed by atoms with E-state index in [4.69, 9.17) is 18.6 Å². The Morgan fingerprint density at radius 3 is 2.69 bits per heavy atom. The third-order valence-corrected chi connectivity index (χ3v) is 5.36. The van der Waals surface area contributed by atoms with Gasteiger partial charge in [0.05, 0.1) is 24.0 Å². The normalized spacial score (nSPS) is 14.7. The van der Waals surface area contributed by atoms with Crippen molar-refractivity contribution in [1.29, 1.82) is 0 Å². The lowest BCUT2D eigenvalue weighted by atomic mass is 9.89. The van der Waals surface area contributed by atoms with Gasteiger partial charge in [-0.25, -0.2) is 14.0 Å². The minimum Gasteiger partial charge on any atom is -0.444 e. The highest BCUT2D eigenvalue weighted by Crippen LogP contribution is 2.42. The molecule has 0 spiro atoms. The first-order valence-corrected chi connectivity index (χ1v) is 10.9. The van der Waals surface area contributed by atoms with Crippen molar-refractivity contribution < 1.29 is 32.6 Å². The standard InChI is InChI=1S/C25H26FN3O6/c1-24(2,3)35-21(30)28-18-8-6-7-15(20(18)26)14-29-23(31)34-19-13-16(33-22-27-11-12-32-22)9-10-17(19)25(29,4)5/h6-13H,14H2,1-5H3,(H,28,30). The monoisotopic (exact) mass is 483 g/mol. The number of fused-ring (bicyclic) bond motifs is 1. The van der Waals surface area contributed by atoms with Gasteiger partial charge in [-0.15, -0.1) is 0 Å². The number of hydrogen-bond acceptors (Lipinski definition) is 7. The lowest BCUT2D eigenvalue weighted by Gasteiger charge is -2.42. The summed E-state index contributed by atoms with van der Waals surface area (Å²) >= 11 is 0. The minimum atomic E-state index is -0.840. The van der Waals surface area contributed by atoms with Crippen molar-refractivity contribution in [3.63, 3.8) is 0 Å². The van der Waals surface area contributed by atoms with Crippen LogP contribution in [-0.4, -0.2) is 27.7 Å². The molecule has 9 nitrogen and oxygen atoms in total. The van der Waals surface area contributed by atoms with Gasteiger partial charge in [0, 0.05) is 17.2 Å². The van der Waals surface area contributed by atoms with Crippen LogP contribution in [0, 0.1) is 5.82 Å². The van der Waals surface area contributed by atoms with E-state index in [9.17, 15) is 9.59 Å². The molecule has 0 radical (unpaired) electrons. The summed E-state index contributed by atoms with van der Waals surface area (Å²) in [5, 5.41) is 2.42. The zero-order valence-electron chi connectivity index (χ0n) is 20.0. The number of rotatable bonds is 5. The molecule has 2 heterocycles. The topological polar surface area (TPSA) is 103 Å². The Balaban J connectivity index is 1.56. The molecule has 4 rings (SSSR count). The van der Waals surface area contributed by atoms with Gasteiger partial charge in [-0.3, -0.25) is 10.2 Å². The molecule has 1 aliphatic rings. The number of halogens is 1. The van der Waals surface area contributed by atoms with Gasteiger partial charge in [-0.1, -0.05) is 12.1 Å². The number of amides is 2. The molecule has 0 bridgehead atoms. The van der Waals surface area contributed by atoms with Crippen LogP contribution in [-0.2, 0) is 16.8 Å². The summed E-state index contributed by atoms with van der Waals surface area (Å²) in [4.78, 5) is 30.4. The summed E-state index contributed by atoms with van der Waals surface area (Å²) in [6.07, 6.45) is 1.46. The van der Waals surface area contributed by atoms with Gasteiger partial charge in [-0.05, 0) is 52.8 Å². The first-order chi connectivity index (χ1) is 16.4. The molecule has 0 aliphatic carbocycles. The number of anilines is 1. The molecule has 0 saturated heterocycles. The van der Waals surface area contributed by atoms with Crippen LogP contribution >= 0.6 is 0 Å². The molecule has 2 amide bonds. The quantitative estimate of drug-likeness (QED) is 0.461. The number of oxazole rings is 1. The Labute approximate surface area is 201 Å². The first-order valence-electron chi connectivity index (χ1n) is 10.9. The molecule has 0 fully saturated rings. The van der Waals surface area contributed by atoms with E-state index in [1.54, 1.807) is 51.1 Å². The summed E-state index contributed by atoms with van der Waals surface area (Å²) < 4.78 is 36.6. The predicted molar refractivity (Wildman–Crippen MR) is 124 cm³/mol. The van der Waals surface area contributed by atoms with E-state index in [2.05, 4.69) is 10.3 Å². The number of ether oxygens (including phenoxy) is 3. The van der Waals surface area contributed by atoms with E-state index in [0.29, 0.717) is 17.1 Å². The minimum absolute atomic E-state index is 0.0475. The van der Waals surface area contributed by atoms with Crippen LogP contribution in [0.25, 0.3) is 0 Å². The van der Waals surface area contributed by atoms with Crippen molar-refractivity contribution in [1.82, 2.24) is 9.88 Å². The fraction of sp³-hybridized carbons (Fsp3) is 0.320. The number of nitrogens with zero attached hydrogens (tertiary/aromatic N) is 2. The highest BCUT2D eigenvalue weighted by Gasteiger charge is 2.41. The van der Waals surface area contributed by atoms with Crippen LogP contribution in [0.15, 0.2) is 53.3 Å². The van der Waals surface area contributed by atoms with Gasteiger partial charge in [0.2, 0.25) is 0 Å². The lowest BCUT2D eigenvalue weighted by Crippen LogP contribution is -2.50. The molecule has 0 saturated carbocycles. The van der Waals surface area contributed by atoms with Crippen LogP contribution in [0.3, 0.4) is 0 Å². The zero-order valence-corrected chi connectivity index (χ0v) is 20.0. The van der Waals surface area contributed by atoms with E-state index < -0.39 is 29.1 Å². The van der Waals surface area contributed by atoms with Crippen LogP contribution in [0.5, 0.6) is 17.6 Å². The number of carbonyl (C=O) groups is 2. The zero-order chi connectivity index (χ0) is 25.4. The molecule has 3 aromatic rings. The van der Waals surface area contributed by atoms with Crippen LogP contribution < -0.4 is 14.8 Å². The van der Waals surface area contributed by atoms with Gasteiger partial charge in [0.15, 0.2) is 5.82 Å². The average molecular weight is 483 g/mol. The van der Waals surface area contributed by atoms with Gasteiger partial charge >= 0.3 is 18.3 Å². The number of hydrogen-bond donors (Lipinski definition) is 1. The van der Waals surface area contributed by atoms with Crippen molar-refractivity contribution in [3.8, 4) is 17.6 Å². The molecule has 0 atom stereocenters. The predicted octanol–water partition coefficient (Wildman–Crippen LogP) is 6.20. The van der Waals surface area contributed by atoms with Crippen molar-refractivity contribution in [2.24, 2.45) is 0 Å². The van der Waals surface area contributed by atoms with Crippen molar-refractivity contribution in [3.05, 3.63) is 65.8 Å². The number of benzene rings is 2. The van der Waals surface area contributed by atoms with Crippen LogP contribution in [0.1, 0.15) is 45.7 Å². The molecule has 2 aromatic carbocycles. The molecule has 1 aliphatic heterocycles. The van der Waals surface area contributed by atoms with E-state index in [0.717, 1.165) is 0 Å². The summed E-state index contributed by atoms with van der Waals surface area (Å²) in [7, 11) is 0. The van der Waals surface area contributed by atoms with Crippen molar-refractivity contribution >= 4 is 17.9 Å². The van der Waals surface area contributed by atoms with E-state index in [-0.39, 0.29) is 23.9 Å². The van der Waals surface area contributed by atoms with E-state index >= 15 is 4.39 Å². The van der Waals surface area contributed by atoms with Gasteiger partial charge in [0.1, 0.15) is 23.4 Å². The summed E-state index contributed by atoms with van der Waals surface area (Å²) in [6, 6.07) is 9.60. The summed E-state index contributed by atoms with van der Waals surface area (Å²) in [5.74, 6) is 0.0405. The SMILES string of the molecule is CC(C)(C)OC(=O)Nc1cccc(CN2C(=O)Oc3cc(Oc4ncco4)ccc3C2(C)C)c1F. The van der Waals surface area contributed by atoms with Crippen molar-refractivity contribution in [2.45, 2.75) is 52.3 Å². The molecule has 1 aromatic heterocycles. The lowest BCUT2D eigenvalue weighted by molar-refractivity contribution is 0.0633. The van der Waals surface area contributed by atoms with Gasteiger partial charge in [0.25, 0.3) is 0 Å². The maximum absolute atomic E-state index is 15.2. The second-order valence-electron chi connectivity index (χ2n) is 9.48. The molecule has 0 unspecified atom stereocenters. The third-order valence-electron chi connectivity index (χ3n) is 5.36. The van der Waals surface area contributed by atoms with E-state index in [1.807, 2.05) is 13.8 Å². The number of carbonyl (C=O) groups excluding carboxylic acids is 2. The second-order valence-corrected chi connectivity index (χ2v) is 9.48. The van der Waals surface area contributed by atoms with Gasteiger partial charge < -0.3 is 18.6 Å². The summed E-state index contributed by atoms with van der Waals surface area (Å²) in [5.41, 5.74) is -0.704. The van der Waals surface area contributed by atoms with Gasteiger partial charge in [-0.2, -0.15) is 4.98 Å². The number of nitrogens with one attached hydrogen (secondary N) is 1. The Bertz CT molecular complexity index is 1250. The third kappa shape index (κ3) is 5.21. The molecule has 184 valence electrons. The summed E-state index contributed by atoms with van der Waals surface area (Å²) in [6.45, 7) is 8.72. The largest absolute Gasteiger partial charge is 0.444 e. The highest BCUT2D eigenvalue weighted by atomic mass is 19.1. The molecule has 35 heavy (non-hydrogen) atoms.